The molecule has 0 fully saturated rings. The molecule has 0 heterocycles. The van der Waals surface area contributed by atoms with Crippen molar-refractivity contribution in [2.75, 3.05) is 7.11 Å². The molecule has 0 aliphatic heterocycles. The quantitative estimate of drug-likeness (QED) is 0.365. The molecular formula is C27H29NO2. The number of ether oxygens (including phenoxy) is 1. The fraction of sp³-hybridized carbons (Fsp3) is 0.222. The van der Waals surface area contributed by atoms with Gasteiger partial charge >= 0.3 is 0 Å². The number of hydrogen-bond donors (Lipinski definition) is 1. The molecule has 0 aliphatic carbocycles. The largest absolute Gasteiger partial charge is 0.497 e. The van der Waals surface area contributed by atoms with Crippen LogP contribution in [0.15, 0.2) is 84.9 Å². The average molecular weight is 400 g/mol. The van der Waals surface area contributed by atoms with E-state index < -0.39 is 0 Å². The molecule has 0 spiro atoms. The highest BCUT2D eigenvalue weighted by Crippen LogP contribution is 2.25. The number of rotatable bonds is 8. The van der Waals surface area contributed by atoms with E-state index in [1.807, 2.05) is 78.9 Å². The Hall–Kier alpha value is -3.33. The van der Waals surface area contributed by atoms with Crippen LogP contribution in [0.25, 0.3) is 11.6 Å². The second kappa shape index (κ2) is 10.4. The molecule has 1 N–H and O–H groups in total. The van der Waals surface area contributed by atoms with E-state index in [9.17, 15) is 4.79 Å². The van der Waals surface area contributed by atoms with Gasteiger partial charge in [0.05, 0.1) is 13.2 Å². The van der Waals surface area contributed by atoms with E-state index in [1.165, 1.54) is 0 Å². The number of carbonyl (C=O) groups is 1. The summed E-state index contributed by atoms with van der Waals surface area (Å²) >= 11 is 0. The smallest absolute Gasteiger partial charge is 0.252 e. The van der Waals surface area contributed by atoms with Crippen LogP contribution in [0.2, 0.25) is 0 Å². The van der Waals surface area contributed by atoms with Crippen LogP contribution in [0, 0.1) is 5.92 Å². The summed E-state index contributed by atoms with van der Waals surface area (Å²) in [4.78, 5) is 13.4. The minimum atomic E-state index is -0.0773. The molecule has 0 saturated heterocycles. The van der Waals surface area contributed by atoms with Crippen molar-refractivity contribution in [3.8, 4) is 5.75 Å². The van der Waals surface area contributed by atoms with E-state index in [1.54, 1.807) is 7.11 Å². The van der Waals surface area contributed by atoms with Gasteiger partial charge in [0.1, 0.15) is 5.75 Å². The van der Waals surface area contributed by atoms with Gasteiger partial charge < -0.3 is 10.1 Å². The second-order valence-electron chi connectivity index (χ2n) is 7.76. The molecule has 154 valence electrons. The Labute approximate surface area is 179 Å². The van der Waals surface area contributed by atoms with Gasteiger partial charge in [-0.2, -0.15) is 0 Å². The van der Waals surface area contributed by atoms with E-state index in [4.69, 9.17) is 4.74 Å². The molecule has 3 aromatic carbocycles. The van der Waals surface area contributed by atoms with E-state index in [-0.39, 0.29) is 11.9 Å². The van der Waals surface area contributed by atoms with Gasteiger partial charge in [-0.1, -0.05) is 86.6 Å². The first-order chi connectivity index (χ1) is 14.6. The minimum absolute atomic E-state index is 0.0401. The third-order valence-corrected chi connectivity index (χ3v) is 4.97. The van der Waals surface area contributed by atoms with Crippen molar-refractivity contribution in [1.82, 2.24) is 5.32 Å². The van der Waals surface area contributed by atoms with Gasteiger partial charge in [0.15, 0.2) is 0 Å². The zero-order valence-electron chi connectivity index (χ0n) is 17.8. The topological polar surface area (TPSA) is 38.3 Å². The maximum absolute atomic E-state index is 13.4. The Morgan fingerprint density at radius 3 is 2.07 bits per heavy atom. The standard InChI is InChI=1S/C27H29NO2/c1-20(2)18-26(23-12-8-5-9-13-23)28-27(29)25(22-10-6-4-7-11-22)19-21-14-16-24(30-3)17-15-21/h4-17,19-20,26H,18H2,1-3H3,(H,28,29)/b25-19+/t26-/m1/s1. The summed E-state index contributed by atoms with van der Waals surface area (Å²) in [5.41, 5.74) is 3.61. The predicted octanol–water partition coefficient (Wildman–Crippen LogP) is 6.14. The van der Waals surface area contributed by atoms with E-state index in [2.05, 4.69) is 31.3 Å². The van der Waals surface area contributed by atoms with Crippen molar-refractivity contribution in [3.63, 3.8) is 0 Å². The summed E-state index contributed by atoms with van der Waals surface area (Å²) in [7, 11) is 1.64. The van der Waals surface area contributed by atoms with Crippen LogP contribution in [0.5, 0.6) is 5.75 Å². The van der Waals surface area contributed by atoms with Gasteiger partial charge in [-0.15, -0.1) is 0 Å². The van der Waals surface area contributed by atoms with Crippen LogP contribution in [0.1, 0.15) is 43.0 Å². The molecule has 3 aromatic rings. The fourth-order valence-electron chi connectivity index (χ4n) is 3.44. The summed E-state index contributed by atoms with van der Waals surface area (Å²) in [6, 6.07) is 27.6. The molecule has 1 atom stereocenters. The van der Waals surface area contributed by atoms with Gasteiger partial charge in [-0.05, 0) is 47.2 Å². The summed E-state index contributed by atoms with van der Waals surface area (Å²) in [5, 5.41) is 3.27. The maximum atomic E-state index is 13.4. The normalized spacial score (nSPS) is 12.5. The molecule has 0 radical (unpaired) electrons. The Morgan fingerprint density at radius 1 is 0.900 bits per heavy atom. The monoisotopic (exact) mass is 399 g/mol. The number of hydrogen-bond acceptors (Lipinski definition) is 2. The van der Waals surface area contributed by atoms with Crippen molar-refractivity contribution in [2.24, 2.45) is 5.92 Å². The average Bonchev–Trinajstić information content (AvgIpc) is 2.78. The van der Waals surface area contributed by atoms with Gasteiger partial charge in [-0.25, -0.2) is 0 Å². The predicted molar refractivity (Wildman–Crippen MR) is 124 cm³/mol. The summed E-state index contributed by atoms with van der Waals surface area (Å²) in [5.74, 6) is 1.17. The Balaban J connectivity index is 1.93. The molecule has 3 heteroatoms. The van der Waals surface area contributed by atoms with Crippen LogP contribution in [0.4, 0.5) is 0 Å². The molecule has 0 saturated carbocycles. The molecule has 0 aliphatic rings. The Morgan fingerprint density at radius 2 is 1.50 bits per heavy atom. The fourth-order valence-corrected chi connectivity index (χ4v) is 3.44. The maximum Gasteiger partial charge on any atom is 0.252 e. The molecular weight excluding hydrogens is 370 g/mol. The zero-order valence-corrected chi connectivity index (χ0v) is 17.8. The Kier molecular flexibility index (Phi) is 7.45. The molecule has 0 unspecified atom stereocenters. The van der Waals surface area contributed by atoms with Crippen molar-refractivity contribution in [1.29, 1.82) is 0 Å². The lowest BCUT2D eigenvalue weighted by Gasteiger charge is -2.22. The number of nitrogens with one attached hydrogen (secondary N) is 1. The molecule has 0 bridgehead atoms. The van der Waals surface area contributed by atoms with E-state index in [0.717, 1.165) is 28.9 Å². The van der Waals surface area contributed by atoms with Gasteiger partial charge in [0.2, 0.25) is 0 Å². The lowest BCUT2D eigenvalue weighted by atomic mass is 9.95. The van der Waals surface area contributed by atoms with Gasteiger partial charge in [0, 0.05) is 5.57 Å². The highest BCUT2D eigenvalue weighted by molar-refractivity contribution is 6.24. The third-order valence-electron chi connectivity index (χ3n) is 4.97. The highest BCUT2D eigenvalue weighted by atomic mass is 16.5. The first-order valence-electron chi connectivity index (χ1n) is 10.3. The second-order valence-corrected chi connectivity index (χ2v) is 7.76. The number of carbonyl (C=O) groups excluding carboxylic acids is 1. The van der Waals surface area contributed by atoms with Crippen LogP contribution in [-0.2, 0) is 4.79 Å². The van der Waals surface area contributed by atoms with Crippen LogP contribution < -0.4 is 10.1 Å². The van der Waals surface area contributed by atoms with Crippen LogP contribution >= 0.6 is 0 Å². The summed E-state index contributed by atoms with van der Waals surface area (Å²) in [6.45, 7) is 4.35. The number of benzene rings is 3. The first-order valence-corrected chi connectivity index (χ1v) is 10.3. The van der Waals surface area contributed by atoms with Crippen LogP contribution in [-0.4, -0.2) is 13.0 Å². The van der Waals surface area contributed by atoms with Crippen molar-refractivity contribution in [2.45, 2.75) is 26.3 Å². The van der Waals surface area contributed by atoms with Gasteiger partial charge in [0.25, 0.3) is 5.91 Å². The van der Waals surface area contributed by atoms with E-state index in [0.29, 0.717) is 11.5 Å². The molecule has 30 heavy (non-hydrogen) atoms. The lowest BCUT2D eigenvalue weighted by Crippen LogP contribution is -2.30. The van der Waals surface area contributed by atoms with Crippen molar-refractivity contribution < 1.29 is 9.53 Å². The molecule has 1 amide bonds. The van der Waals surface area contributed by atoms with E-state index >= 15 is 0 Å². The number of amides is 1. The first kappa shape index (κ1) is 21.4. The van der Waals surface area contributed by atoms with Crippen LogP contribution in [0.3, 0.4) is 0 Å². The number of methoxy groups -OCH3 is 1. The molecule has 0 aromatic heterocycles. The highest BCUT2D eigenvalue weighted by Gasteiger charge is 2.19. The molecule has 3 rings (SSSR count). The third kappa shape index (κ3) is 5.84. The molecule has 3 nitrogen and oxygen atoms in total. The minimum Gasteiger partial charge on any atom is -0.497 e. The Bertz CT molecular complexity index is 961. The van der Waals surface area contributed by atoms with Crippen molar-refractivity contribution in [3.05, 3.63) is 102 Å². The van der Waals surface area contributed by atoms with Gasteiger partial charge in [-0.3, -0.25) is 4.79 Å². The summed E-state index contributed by atoms with van der Waals surface area (Å²) < 4.78 is 5.24. The van der Waals surface area contributed by atoms with Crippen molar-refractivity contribution >= 4 is 17.6 Å². The zero-order chi connectivity index (χ0) is 21.3. The lowest BCUT2D eigenvalue weighted by molar-refractivity contribution is -0.116. The summed E-state index contributed by atoms with van der Waals surface area (Å²) in [6.07, 6.45) is 2.81. The SMILES string of the molecule is COc1ccc(/C=C(/C(=O)N[C@H](CC(C)C)c2ccccc2)c2ccccc2)cc1.